The molecular formula is C17H18ClN3O2. The second kappa shape index (κ2) is 7.65. The monoisotopic (exact) mass is 331 g/mol. The van der Waals surface area contributed by atoms with Crippen LogP contribution in [0.1, 0.15) is 10.4 Å². The van der Waals surface area contributed by atoms with E-state index >= 15 is 0 Å². The third-order valence-electron chi connectivity index (χ3n) is 3.12. The minimum Gasteiger partial charge on any atom is -0.376 e. The molecule has 5 nitrogen and oxygen atoms in total. The zero-order valence-corrected chi connectivity index (χ0v) is 13.7. The van der Waals surface area contributed by atoms with Crippen LogP contribution in [-0.2, 0) is 4.79 Å². The molecule has 0 radical (unpaired) electrons. The zero-order valence-electron chi connectivity index (χ0n) is 13.0. The topological polar surface area (TPSA) is 61.4 Å². The molecule has 2 rings (SSSR count). The molecule has 120 valence electrons. The van der Waals surface area contributed by atoms with Crippen molar-refractivity contribution in [2.24, 2.45) is 0 Å². The van der Waals surface area contributed by atoms with Crippen molar-refractivity contribution >= 4 is 34.8 Å². The highest BCUT2D eigenvalue weighted by Crippen LogP contribution is 2.14. The smallest absolute Gasteiger partial charge is 0.253 e. The number of hydrogen-bond acceptors (Lipinski definition) is 3. The van der Waals surface area contributed by atoms with Crippen molar-refractivity contribution in [3.8, 4) is 0 Å². The fraction of sp³-hybridized carbons (Fsp3) is 0.176. The van der Waals surface area contributed by atoms with Crippen LogP contribution in [0.15, 0.2) is 48.5 Å². The van der Waals surface area contributed by atoms with E-state index < -0.39 is 0 Å². The summed E-state index contributed by atoms with van der Waals surface area (Å²) in [5.74, 6) is -0.224. The van der Waals surface area contributed by atoms with E-state index in [-0.39, 0.29) is 18.4 Å². The van der Waals surface area contributed by atoms with E-state index in [0.29, 0.717) is 16.3 Å². The Kier molecular flexibility index (Phi) is 5.60. The lowest BCUT2D eigenvalue weighted by Gasteiger charge is -2.11. The van der Waals surface area contributed by atoms with Crippen molar-refractivity contribution in [2.45, 2.75) is 0 Å². The Morgan fingerprint density at radius 2 is 1.52 bits per heavy atom. The number of carbonyl (C=O) groups excluding carboxylic acids is 2. The molecule has 0 saturated heterocycles. The van der Waals surface area contributed by atoms with Crippen molar-refractivity contribution in [3.63, 3.8) is 0 Å². The highest BCUT2D eigenvalue weighted by Gasteiger charge is 2.07. The number of rotatable bonds is 5. The Hall–Kier alpha value is -2.53. The summed E-state index contributed by atoms with van der Waals surface area (Å²) in [6, 6.07) is 13.9. The van der Waals surface area contributed by atoms with Crippen LogP contribution in [-0.4, -0.2) is 37.4 Å². The van der Waals surface area contributed by atoms with Gasteiger partial charge in [-0.3, -0.25) is 9.59 Å². The normalized spacial score (nSPS) is 10.0. The van der Waals surface area contributed by atoms with E-state index in [9.17, 15) is 9.59 Å². The second-order valence-electron chi connectivity index (χ2n) is 5.19. The Balaban J connectivity index is 1.86. The third kappa shape index (κ3) is 5.00. The van der Waals surface area contributed by atoms with Gasteiger partial charge in [0.1, 0.15) is 0 Å². The number of benzene rings is 2. The van der Waals surface area contributed by atoms with Gasteiger partial charge in [-0.1, -0.05) is 11.6 Å². The number of hydrogen-bond donors (Lipinski definition) is 2. The van der Waals surface area contributed by atoms with E-state index in [1.165, 1.54) is 4.90 Å². The lowest BCUT2D eigenvalue weighted by molar-refractivity contribution is -0.114. The lowest BCUT2D eigenvalue weighted by Crippen LogP contribution is -2.22. The zero-order chi connectivity index (χ0) is 16.8. The second-order valence-corrected chi connectivity index (χ2v) is 5.62. The fourth-order valence-electron chi connectivity index (χ4n) is 1.91. The molecule has 0 bridgehead atoms. The first-order valence-corrected chi connectivity index (χ1v) is 7.44. The standard InChI is InChI=1S/C17H18ClN3O2/c1-21(2)17(23)12-3-7-14(8-4-12)19-11-16(22)20-15-9-5-13(18)6-10-15/h3-10,19H,11H2,1-2H3,(H,20,22). The largest absolute Gasteiger partial charge is 0.376 e. The molecular weight excluding hydrogens is 314 g/mol. The van der Waals surface area contributed by atoms with Gasteiger partial charge in [0.25, 0.3) is 5.91 Å². The number of nitrogens with one attached hydrogen (secondary N) is 2. The number of nitrogens with zero attached hydrogens (tertiary/aromatic N) is 1. The molecule has 0 heterocycles. The summed E-state index contributed by atoms with van der Waals surface area (Å²) >= 11 is 5.79. The number of anilines is 2. The summed E-state index contributed by atoms with van der Waals surface area (Å²) in [7, 11) is 3.41. The molecule has 0 aromatic heterocycles. The highest BCUT2D eigenvalue weighted by atomic mass is 35.5. The fourth-order valence-corrected chi connectivity index (χ4v) is 2.04. The maximum atomic E-state index is 11.9. The third-order valence-corrected chi connectivity index (χ3v) is 3.37. The van der Waals surface area contributed by atoms with Crippen molar-refractivity contribution in [1.29, 1.82) is 0 Å². The Morgan fingerprint density at radius 3 is 2.09 bits per heavy atom. The van der Waals surface area contributed by atoms with E-state index in [1.807, 2.05) is 0 Å². The van der Waals surface area contributed by atoms with Crippen LogP contribution in [0.5, 0.6) is 0 Å². The minimum absolute atomic E-state index is 0.0583. The Bertz CT molecular complexity index is 682. The quantitative estimate of drug-likeness (QED) is 0.885. The minimum atomic E-state index is -0.166. The molecule has 0 atom stereocenters. The molecule has 23 heavy (non-hydrogen) atoms. The summed E-state index contributed by atoms with van der Waals surface area (Å²) in [5, 5.41) is 6.39. The molecule has 0 aliphatic rings. The first-order valence-electron chi connectivity index (χ1n) is 7.07. The molecule has 0 aliphatic carbocycles. The average Bonchev–Trinajstić information content (AvgIpc) is 2.55. The highest BCUT2D eigenvalue weighted by molar-refractivity contribution is 6.30. The van der Waals surface area contributed by atoms with Gasteiger partial charge in [0.15, 0.2) is 0 Å². The molecule has 2 N–H and O–H groups in total. The van der Waals surface area contributed by atoms with Crippen molar-refractivity contribution < 1.29 is 9.59 Å². The van der Waals surface area contributed by atoms with Gasteiger partial charge < -0.3 is 15.5 Å². The molecule has 0 fully saturated rings. The van der Waals surface area contributed by atoms with Crippen LogP contribution in [0.3, 0.4) is 0 Å². The number of carbonyl (C=O) groups is 2. The van der Waals surface area contributed by atoms with Gasteiger partial charge in [0, 0.05) is 36.1 Å². The maximum Gasteiger partial charge on any atom is 0.253 e. The SMILES string of the molecule is CN(C)C(=O)c1ccc(NCC(=O)Nc2ccc(Cl)cc2)cc1. The first-order chi connectivity index (χ1) is 11.0. The molecule has 0 saturated carbocycles. The van der Waals surface area contributed by atoms with Gasteiger partial charge in [0.2, 0.25) is 5.91 Å². The van der Waals surface area contributed by atoms with E-state index in [0.717, 1.165) is 5.69 Å². The van der Waals surface area contributed by atoms with Crippen molar-refractivity contribution in [1.82, 2.24) is 4.90 Å². The molecule has 2 amide bonds. The van der Waals surface area contributed by atoms with Crippen LogP contribution >= 0.6 is 11.6 Å². The van der Waals surface area contributed by atoms with Crippen LogP contribution in [0.2, 0.25) is 5.02 Å². The predicted octanol–water partition coefficient (Wildman–Crippen LogP) is 3.09. The summed E-state index contributed by atoms with van der Waals surface area (Å²) in [4.78, 5) is 25.2. The Labute approximate surface area is 140 Å². The summed E-state index contributed by atoms with van der Waals surface area (Å²) < 4.78 is 0. The van der Waals surface area contributed by atoms with Gasteiger partial charge in [-0.25, -0.2) is 0 Å². The van der Waals surface area contributed by atoms with E-state index in [4.69, 9.17) is 11.6 Å². The van der Waals surface area contributed by atoms with Gasteiger partial charge in [-0.2, -0.15) is 0 Å². The molecule has 0 spiro atoms. The average molecular weight is 332 g/mol. The molecule has 2 aromatic rings. The molecule has 6 heteroatoms. The summed E-state index contributed by atoms with van der Waals surface area (Å²) in [5.41, 5.74) is 2.06. The van der Waals surface area contributed by atoms with Crippen LogP contribution < -0.4 is 10.6 Å². The van der Waals surface area contributed by atoms with Gasteiger partial charge in [-0.15, -0.1) is 0 Å². The lowest BCUT2D eigenvalue weighted by atomic mass is 10.2. The van der Waals surface area contributed by atoms with E-state index in [1.54, 1.807) is 62.6 Å². The van der Waals surface area contributed by atoms with Gasteiger partial charge in [-0.05, 0) is 48.5 Å². The first kappa shape index (κ1) is 16.8. The van der Waals surface area contributed by atoms with Crippen molar-refractivity contribution in [3.05, 3.63) is 59.1 Å². The van der Waals surface area contributed by atoms with Crippen LogP contribution in [0.4, 0.5) is 11.4 Å². The predicted molar refractivity (Wildman–Crippen MR) is 93.0 cm³/mol. The molecule has 0 unspecified atom stereocenters. The molecule has 2 aromatic carbocycles. The number of halogens is 1. The van der Waals surface area contributed by atoms with Gasteiger partial charge >= 0.3 is 0 Å². The summed E-state index contributed by atoms with van der Waals surface area (Å²) in [6.07, 6.45) is 0. The van der Waals surface area contributed by atoms with Gasteiger partial charge in [0.05, 0.1) is 6.54 Å². The van der Waals surface area contributed by atoms with E-state index in [2.05, 4.69) is 10.6 Å². The van der Waals surface area contributed by atoms with Crippen molar-refractivity contribution in [2.75, 3.05) is 31.3 Å². The Morgan fingerprint density at radius 1 is 0.957 bits per heavy atom. The number of amides is 2. The maximum absolute atomic E-state index is 11.9. The van der Waals surface area contributed by atoms with Crippen LogP contribution in [0.25, 0.3) is 0 Å². The molecule has 0 aliphatic heterocycles. The summed E-state index contributed by atoms with van der Waals surface area (Å²) in [6.45, 7) is 0.129. The van der Waals surface area contributed by atoms with Crippen LogP contribution in [0, 0.1) is 0 Å².